The summed E-state index contributed by atoms with van der Waals surface area (Å²) in [4.78, 5) is 9.20. The molecule has 0 aliphatic heterocycles. The van der Waals surface area contributed by atoms with Gasteiger partial charge in [0.15, 0.2) is 0 Å². The first-order valence-corrected chi connectivity index (χ1v) is 11.0. The second-order valence-corrected chi connectivity index (χ2v) is 8.30. The number of hydrogen-bond donors (Lipinski definition) is 1. The van der Waals surface area contributed by atoms with Crippen LogP contribution in [0.3, 0.4) is 0 Å². The molecular weight excluding hydrogens is 368 g/mol. The standard InChI is InChI=1S/C23H30N2O2S/c1-24-22(28-17-18-8-10-21(27-2)11-9-18)23(20-7-5-14-25-16-20)13-4-3-6-19(23)12-15-26/h5,7-11,14,16,19,26H,3-4,6,12-13,15,17H2,1-2H3. The molecule has 2 atom stereocenters. The highest BCUT2D eigenvalue weighted by Gasteiger charge is 2.46. The second kappa shape index (κ2) is 10.1. The van der Waals surface area contributed by atoms with E-state index in [0.29, 0.717) is 5.92 Å². The van der Waals surface area contributed by atoms with E-state index in [1.165, 1.54) is 24.0 Å². The number of aromatic nitrogens is 1. The molecule has 1 aliphatic rings. The third kappa shape index (κ3) is 4.41. The lowest BCUT2D eigenvalue weighted by atomic mass is 9.62. The fraction of sp³-hybridized carbons (Fsp3) is 0.478. The number of ether oxygens (including phenoxy) is 1. The van der Waals surface area contributed by atoms with Gasteiger partial charge >= 0.3 is 0 Å². The Bertz CT molecular complexity index is 762. The van der Waals surface area contributed by atoms with Crippen LogP contribution in [0.25, 0.3) is 0 Å². The Morgan fingerprint density at radius 1 is 1.29 bits per heavy atom. The summed E-state index contributed by atoms with van der Waals surface area (Å²) in [5, 5.41) is 10.9. The van der Waals surface area contributed by atoms with Crippen LogP contribution in [-0.2, 0) is 11.2 Å². The molecule has 1 heterocycles. The number of methoxy groups -OCH3 is 1. The quantitative estimate of drug-likeness (QED) is 0.534. The van der Waals surface area contributed by atoms with Gasteiger partial charge in [0.1, 0.15) is 5.75 Å². The van der Waals surface area contributed by atoms with Crippen molar-refractivity contribution in [3.8, 4) is 5.75 Å². The maximum Gasteiger partial charge on any atom is 0.118 e. The predicted octanol–water partition coefficient (Wildman–Crippen LogP) is 4.86. The number of rotatable bonds is 7. The first kappa shape index (κ1) is 20.9. The Balaban J connectivity index is 1.90. The van der Waals surface area contributed by atoms with E-state index >= 15 is 0 Å². The molecule has 1 fully saturated rings. The number of pyridine rings is 1. The molecule has 3 rings (SSSR count). The molecule has 0 spiro atoms. The Hall–Kier alpha value is -1.85. The molecule has 0 amide bonds. The molecule has 1 aromatic heterocycles. The summed E-state index contributed by atoms with van der Waals surface area (Å²) in [6.45, 7) is 0.215. The molecule has 4 nitrogen and oxygen atoms in total. The Morgan fingerprint density at radius 2 is 2.11 bits per heavy atom. The second-order valence-electron chi connectivity index (χ2n) is 7.33. The van der Waals surface area contributed by atoms with Crippen molar-refractivity contribution in [3.05, 3.63) is 59.9 Å². The monoisotopic (exact) mass is 398 g/mol. The smallest absolute Gasteiger partial charge is 0.118 e. The number of aliphatic hydroxyl groups is 1. The molecule has 5 heteroatoms. The molecule has 0 saturated heterocycles. The van der Waals surface area contributed by atoms with Gasteiger partial charge in [-0.3, -0.25) is 9.98 Å². The Morgan fingerprint density at radius 3 is 2.75 bits per heavy atom. The van der Waals surface area contributed by atoms with Gasteiger partial charge in [-0.05, 0) is 54.5 Å². The van der Waals surface area contributed by atoms with E-state index in [9.17, 15) is 5.11 Å². The molecule has 1 aromatic carbocycles. The predicted molar refractivity (Wildman–Crippen MR) is 117 cm³/mol. The fourth-order valence-corrected chi connectivity index (χ4v) is 5.74. The normalized spacial score (nSPS) is 22.8. The summed E-state index contributed by atoms with van der Waals surface area (Å²) in [5.41, 5.74) is 2.33. The minimum absolute atomic E-state index is 0.152. The lowest BCUT2D eigenvalue weighted by Gasteiger charge is -2.45. The molecule has 150 valence electrons. The van der Waals surface area contributed by atoms with E-state index in [4.69, 9.17) is 9.73 Å². The number of benzene rings is 1. The van der Waals surface area contributed by atoms with Gasteiger partial charge in [0.2, 0.25) is 0 Å². The summed E-state index contributed by atoms with van der Waals surface area (Å²) < 4.78 is 5.26. The van der Waals surface area contributed by atoms with Gasteiger partial charge in [0, 0.05) is 37.2 Å². The topological polar surface area (TPSA) is 54.7 Å². The summed E-state index contributed by atoms with van der Waals surface area (Å²) in [7, 11) is 3.59. The Kier molecular flexibility index (Phi) is 7.51. The minimum atomic E-state index is -0.152. The number of aliphatic imine (C=N–C) groups is 1. The zero-order chi connectivity index (χ0) is 19.8. The van der Waals surface area contributed by atoms with E-state index < -0.39 is 0 Å². The van der Waals surface area contributed by atoms with Crippen LogP contribution >= 0.6 is 11.8 Å². The molecular formula is C23H30N2O2S. The molecule has 1 N–H and O–H groups in total. The van der Waals surface area contributed by atoms with Gasteiger partial charge in [-0.25, -0.2) is 0 Å². The zero-order valence-electron chi connectivity index (χ0n) is 16.8. The largest absolute Gasteiger partial charge is 0.497 e. The molecule has 1 aliphatic carbocycles. The molecule has 1 saturated carbocycles. The van der Waals surface area contributed by atoms with Crippen LogP contribution in [0.4, 0.5) is 0 Å². The van der Waals surface area contributed by atoms with Gasteiger partial charge in [-0.15, -0.1) is 11.8 Å². The first-order chi connectivity index (χ1) is 13.7. The average molecular weight is 399 g/mol. The molecule has 0 radical (unpaired) electrons. The van der Waals surface area contributed by atoms with Crippen LogP contribution < -0.4 is 4.74 Å². The summed E-state index contributed by atoms with van der Waals surface area (Å²) in [5.74, 6) is 2.13. The number of hydrogen-bond acceptors (Lipinski definition) is 5. The van der Waals surface area contributed by atoms with Crippen LogP contribution in [0.5, 0.6) is 5.75 Å². The minimum Gasteiger partial charge on any atom is -0.497 e. The van der Waals surface area contributed by atoms with Crippen molar-refractivity contribution in [3.63, 3.8) is 0 Å². The lowest BCUT2D eigenvalue weighted by molar-refractivity contribution is 0.186. The zero-order valence-corrected chi connectivity index (χ0v) is 17.6. The lowest BCUT2D eigenvalue weighted by Crippen LogP contribution is -2.44. The third-order valence-electron chi connectivity index (χ3n) is 5.84. The van der Waals surface area contributed by atoms with Crippen LogP contribution in [0.15, 0.2) is 53.8 Å². The maximum atomic E-state index is 9.74. The van der Waals surface area contributed by atoms with Crippen molar-refractivity contribution in [2.75, 3.05) is 20.8 Å². The SMILES string of the molecule is CN=C(SCc1ccc(OC)cc1)C1(c2cccnc2)CCCCC1CCO. The van der Waals surface area contributed by atoms with E-state index in [2.05, 4.69) is 23.2 Å². The number of aliphatic hydroxyl groups excluding tert-OH is 1. The van der Waals surface area contributed by atoms with Crippen molar-refractivity contribution in [2.45, 2.75) is 43.3 Å². The molecule has 2 aromatic rings. The Labute approximate surface area is 172 Å². The molecule has 28 heavy (non-hydrogen) atoms. The van der Waals surface area contributed by atoms with Crippen molar-refractivity contribution in [1.29, 1.82) is 0 Å². The van der Waals surface area contributed by atoms with Gasteiger partial charge in [-0.2, -0.15) is 0 Å². The van der Waals surface area contributed by atoms with Crippen molar-refractivity contribution in [2.24, 2.45) is 10.9 Å². The summed E-state index contributed by atoms with van der Waals surface area (Å²) in [6, 6.07) is 12.4. The van der Waals surface area contributed by atoms with Gasteiger partial charge in [0.05, 0.1) is 12.2 Å². The van der Waals surface area contributed by atoms with Gasteiger partial charge in [-0.1, -0.05) is 31.0 Å². The van der Waals surface area contributed by atoms with Crippen molar-refractivity contribution < 1.29 is 9.84 Å². The number of thioether (sulfide) groups is 1. The highest BCUT2D eigenvalue weighted by atomic mass is 32.2. The summed E-state index contributed by atoms with van der Waals surface area (Å²) >= 11 is 1.82. The highest BCUT2D eigenvalue weighted by molar-refractivity contribution is 8.13. The van der Waals surface area contributed by atoms with E-state index in [1.54, 1.807) is 7.11 Å². The van der Waals surface area contributed by atoms with E-state index in [-0.39, 0.29) is 12.0 Å². The van der Waals surface area contributed by atoms with Crippen molar-refractivity contribution >= 4 is 16.8 Å². The molecule has 0 bridgehead atoms. The number of nitrogens with zero attached hydrogens (tertiary/aromatic N) is 2. The first-order valence-electron chi connectivity index (χ1n) is 9.99. The van der Waals surface area contributed by atoms with Crippen molar-refractivity contribution in [1.82, 2.24) is 4.98 Å². The van der Waals surface area contributed by atoms with Gasteiger partial charge in [0.25, 0.3) is 0 Å². The van der Waals surface area contributed by atoms with Crippen LogP contribution in [0.1, 0.15) is 43.2 Å². The van der Waals surface area contributed by atoms with E-state index in [1.807, 2.05) is 49.4 Å². The molecule has 2 unspecified atom stereocenters. The average Bonchev–Trinajstić information content (AvgIpc) is 2.76. The maximum absolute atomic E-state index is 9.74. The van der Waals surface area contributed by atoms with Crippen LogP contribution in [0.2, 0.25) is 0 Å². The highest BCUT2D eigenvalue weighted by Crippen LogP contribution is 2.49. The van der Waals surface area contributed by atoms with Gasteiger partial charge < -0.3 is 9.84 Å². The third-order valence-corrected chi connectivity index (χ3v) is 7.14. The van der Waals surface area contributed by atoms with E-state index in [0.717, 1.165) is 35.8 Å². The van der Waals surface area contributed by atoms with Crippen LogP contribution in [-0.4, -0.2) is 35.9 Å². The fourth-order valence-electron chi connectivity index (χ4n) is 4.47. The van der Waals surface area contributed by atoms with Crippen LogP contribution in [0, 0.1) is 5.92 Å². The summed E-state index contributed by atoms with van der Waals surface area (Å²) in [6.07, 6.45) is 9.20.